The van der Waals surface area contributed by atoms with Crippen molar-refractivity contribution in [2.45, 2.75) is 26.4 Å². The van der Waals surface area contributed by atoms with Crippen LogP contribution in [0.4, 0.5) is 5.69 Å². The van der Waals surface area contributed by atoms with Crippen molar-refractivity contribution >= 4 is 40.8 Å². The van der Waals surface area contributed by atoms with Crippen molar-refractivity contribution in [3.63, 3.8) is 0 Å². The van der Waals surface area contributed by atoms with Gasteiger partial charge < -0.3 is 14.8 Å². The zero-order valence-electron chi connectivity index (χ0n) is 14.4. The molecule has 0 aliphatic carbocycles. The second-order valence-electron chi connectivity index (χ2n) is 5.66. The Balaban J connectivity index is 1.77. The van der Waals surface area contributed by atoms with Crippen molar-refractivity contribution in [1.29, 1.82) is 0 Å². The third-order valence-corrected chi connectivity index (χ3v) is 4.02. The van der Waals surface area contributed by atoms with E-state index in [-0.39, 0.29) is 13.0 Å². The minimum absolute atomic E-state index is 0.0312. The topological polar surface area (TPSA) is 64.6 Å². The SMILES string of the molecule is Cc1ccc(OCCC(=O)OC(C)C(=O)Nc2cc(Cl)ccc2Cl)cc1. The van der Waals surface area contributed by atoms with Crippen LogP contribution in [-0.2, 0) is 14.3 Å². The molecule has 1 amide bonds. The number of hydrogen-bond acceptors (Lipinski definition) is 4. The van der Waals surface area contributed by atoms with Gasteiger partial charge in [0, 0.05) is 5.02 Å². The van der Waals surface area contributed by atoms with Crippen molar-refractivity contribution in [3.8, 4) is 5.75 Å². The molecule has 138 valence electrons. The van der Waals surface area contributed by atoms with Crippen LogP contribution in [0.25, 0.3) is 0 Å². The molecule has 0 saturated carbocycles. The predicted octanol–water partition coefficient (Wildman–Crippen LogP) is 4.64. The van der Waals surface area contributed by atoms with Gasteiger partial charge in [-0.3, -0.25) is 9.59 Å². The number of anilines is 1. The molecule has 0 aliphatic heterocycles. The van der Waals surface area contributed by atoms with E-state index >= 15 is 0 Å². The molecule has 0 radical (unpaired) electrons. The molecule has 0 fully saturated rings. The van der Waals surface area contributed by atoms with Gasteiger partial charge in [-0.1, -0.05) is 40.9 Å². The lowest BCUT2D eigenvalue weighted by molar-refractivity contribution is -0.153. The van der Waals surface area contributed by atoms with Crippen molar-refractivity contribution in [2.75, 3.05) is 11.9 Å². The first-order chi connectivity index (χ1) is 12.3. The van der Waals surface area contributed by atoms with Crippen LogP contribution >= 0.6 is 23.2 Å². The molecule has 0 bridgehead atoms. The van der Waals surface area contributed by atoms with E-state index in [0.717, 1.165) is 5.56 Å². The number of rotatable bonds is 7. The summed E-state index contributed by atoms with van der Waals surface area (Å²) < 4.78 is 10.6. The summed E-state index contributed by atoms with van der Waals surface area (Å²) in [5, 5.41) is 3.35. The average Bonchev–Trinajstić information content (AvgIpc) is 2.59. The van der Waals surface area contributed by atoms with Gasteiger partial charge in [0.25, 0.3) is 5.91 Å². The Kier molecular flexibility index (Phi) is 7.30. The van der Waals surface area contributed by atoms with E-state index in [9.17, 15) is 9.59 Å². The zero-order chi connectivity index (χ0) is 19.1. The summed E-state index contributed by atoms with van der Waals surface area (Å²) in [6, 6.07) is 12.2. The van der Waals surface area contributed by atoms with Crippen LogP contribution in [0.3, 0.4) is 0 Å². The largest absolute Gasteiger partial charge is 0.493 e. The number of amides is 1. The van der Waals surface area contributed by atoms with Crippen LogP contribution in [0.15, 0.2) is 42.5 Å². The fourth-order valence-electron chi connectivity index (χ4n) is 2.02. The second-order valence-corrected chi connectivity index (χ2v) is 6.50. The molecule has 5 nitrogen and oxygen atoms in total. The highest BCUT2D eigenvalue weighted by molar-refractivity contribution is 6.35. The Bertz CT molecular complexity index is 778. The Morgan fingerprint density at radius 1 is 1.12 bits per heavy atom. The van der Waals surface area contributed by atoms with E-state index in [1.54, 1.807) is 12.1 Å². The number of benzene rings is 2. The smallest absolute Gasteiger partial charge is 0.310 e. The molecule has 1 atom stereocenters. The molecule has 7 heteroatoms. The first-order valence-electron chi connectivity index (χ1n) is 8.00. The average molecular weight is 396 g/mol. The maximum atomic E-state index is 12.1. The van der Waals surface area contributed by atoms with Crippen LogP contribution in [0.2, 0.25) is 10.0 Å². The summed E-state index contributed by atoms with van der Waals surface area (Å²) in [6.45, 7) is 3.62. The standard InChI is InChI=1S/C19H19Cl2NO4/c1-12-3-6-15(7-4-12)25-10-9-18(23)26-13(2)19(24)22-17-11-14(20)5-8-16(17)21/h3-8,11,13H,9-10H2,1-2H3,(H,22,24). The third kappa shape index (κ3) is 6.24. The van der Waals surface area contributed by atoms with E-state index in [2.05, 4.69) is 5.32 Å². The van der Waals surface area contributed by atoms with Gasteiger partial charge in [-0.05, 0) is 44.2 Å². The van der Waals surface area contributed by atoms with Gasteiger partial charge in [-0.15, -0.1) is 0 Å². The van der Waals surface area contributed by atoms with Gasteiger partial charge in [0.05, 0.1) is 23.7 Å². The predicted molar refractivity (Wildman–Crippen MR) is 102 cm³/mol. The van der Waals surface area contributed by atoms with Crippen LogP contribution in [0, 0.1) is 6.92 Å². The lowest BCUT2D eigenvalue weighted by Crippen LogP contribution is -2.30. The first-order valence-corrected chi connectivity index (χ1v) is 8.75. The molecule has 2 aromatic carbocycles. The summed E-state index contributed by atoms with van der Waals surface area (Å²) in [5.41, 5.74) is 1.48. The molecule has 1 N–H and O–H groups in total. The van der Waals surface area contributed by atoms with Gasteiger partial charge in [-0.2, -0.15) is 0 Å². The normalized spacial score (nSPS) is 11.5. The lowest BCUT2D eigenvalue weighted by Gasteiger charge is -2.14. The Morgan fingerprint density at radius 2 is 1.81 bits per heavy atom. The lowest BCUT2D eigenvalue weighted by atomic mass is 10.2. The van der Waals surface area contributed by atoms with E-state index in [1.807, 2.05) is 31.2 Å². The van der Waals surface area contributed by atoms with Gasteiger partial charge >= 0.3 is 5.97 Å². The van der Waals surface area contributed by atoms with Gasteiger partial charge in [0.2, 0.25) is 0 Å². The Hall–Kier alpha value is -2.24. The molecule has 2 rings (SSSR count). The maximum Gasteiger partial charge on any atom is 0.310 e. The summed E-state index contributed by atoms with van der Waals surface area (Å²) in [6.07, 6.45) is -0.944. The molecular formula is C19H19Cl2NO4. The van der Waals surface area contributed by atoms with Crippen molar-refractivity contribution < 1.29 is 19.1 Å². The Labute approximate surface area is 162 Å². The maximum absolute atomic E-state index is 12.1. The first kappa shape index (κ1) is 20.1. The number of nitrogens with one attached hydrogen (secondary N) is 1. The van der Waals surface area contributed by atoms with Crippen LogP contribution < -0.4 is 10.1 Å². The monoisotopic (exact) mass is 395 g/mol. The summed E-state index contributed by atoms with van der Waals surface area (Å²) in [7, 11) is 0. The van der Waals surface area contributed by atoms with Crippen LogP contribution in [0.5, 0.6) is 5.75 Å². The summed E-state index contributed by atoms with van der Waals surface area (Å²) in [5.74, 6) is -0.358. The molecule has 0 saturated heterocycles. The van der Waals surface area contributed by atoms with Crippen LogP contribution in [-0.4, -0.2) is 24.6 Å². The molecule has 26 heavy (non-hydrogen) atoms. The van der Waals surface area contributed by atoms with Gasteiger partial charge in [0.15, 0.2) is 6.10 Å². The zero-order valence-corrected chi connectivity index (χ0v) is 15.9. The van der Waals surface area contributed by atoms with Crippen LogP contribution in [0.1, 0.15) is 18.9 Å². The molecule has 2 aromatic rings. The number of halogens is 2. The quantitative estimate of drug-likeness (QED) is 0.693. The fourth-order valence-corrected chi connectivity index (χ4v) is 2.36. The molecule has 0 heterocycles. The highest BCUT2D eigenvalue weighted by atomic mass is 35.5. The summed E-state index contributed by atoms with van der Waals surface area (Å²) >= 11 is 11.9. The van der Waals surface area contributed by atoms with E-state index < -0.39 is 18.0 Å². The summed E-state index contributed by atoms with van der Waals surface area (Å²) in [4.78, 5) is 24.0. The van der Waals surface area contributed by atoms with Gasteiger partial charge in [0.1, 0.15) is 5.75 Å². The number of aryl methyl sites for hydroxylation is 1. The fraction of sp³-hybridized carbons (Fsp3) is 0.263. The minimum Gasteiger partial charge on any atom is -0.493 e. The third-order valence-electron chi connectivity index (χ3n) is 3.46. The van der Waals surface area contributed by atoms with Gasteiger partial charge in [-0.25, -0.2) is 0 Å². The number of esters is 1. The van der Waals surface area contributed by atoms with E-state index in [0.29, 0.717) is 21.5 Å². The Morgan fingerprint density at radius 3 is 2.50 bits per heavy atom. The molecule has 0 spiro atoms. The number of ether oxygens (including phenoxy) is 2. The molecule has 0 aliphatic rings. The van der Waals surface area contributed by atoms with Crippen molar-refractivity contribution in [3.05, 3.63) is 58.1 Å². The second kappa shape index (κ2) is 9.46. The molecule has 0 aromatic heterocycles. The highest BCUT2D eigenvalue weighted by Gasteiger charge is 2.19. The number of carbonyl (C=O) groups is 2. The van der Waals surface area contributed by atoms with Crippen molar-refractivity contribution in [2.24, 2.45) is 0 Å². The van der Waals surface area contributed by atoms with Crippen molar-refractivity contribution in [1.82, 2.24) is 0 Å². The van der Waals surface area contributed by atoms with E-state index in [1.165, 1.54) is 13.0 Å². The number of carbonyl (C=O) groups excluding carboxylic acids is 2. The number of hydrogen-bond donors (Lipinski definition) is 1. The minimum atomic E-state index is -0.975. The van der Waals surface area contributed by atoms with E-state index in [4.69, 9.17) is 32.7 Å². The molecule has 1 unspecified atom stereocenters. The molecular weight excluding hydrogens is 377 g/mol. The highest BCUT2D eigenvalue weighted by Crippen LogP contribution is 2.25.